The Labute approximate surface area is 127 Å². The highest BCUT2D eigenvalue weighted by molar-refractivity contribution is 5.41. The van der Waals surface area contributed by atoms with Gasteiger partial charge in [0.15, 0.2) is 0 Å². The second kappa shape index (κ2) is 7.44. The topological polar surface area (TPSA) is 48.3 Å². The molecule has 0 bridgehead atoms. The van der Waals surface area contributed by atoms with Crippen molar-refractivity contribution >= 4 is 0 Å². The molecule has 1 aliphatic heterocycles. The van der Waals surface area contributed by atoms with Crippen molar-refractivity contribution < 1.29 is 4.74 Å². The lowest BCUT2D eigenvalue weighted by molar-refractivity contribution is 0.172. The van der Waals surface area contributed by atoms with Crippen LogP contribution in [0.2, 0.25) is 0 Å². The van der Waals surface area contributed by atoms with E-state index in [1.807, 2.05) is 6.07 Å². The van der Waals surface area contributed by atoms with E-state index in [4.69, 9.17) is 4.74 Å². The van der Waals surface area contributed by atoms with Crippen LogP contribution in [-0.4, -0.2) is 38.2 Å². The van der Waals surface area contributed by atoms with Gasteiger partial charge in [0, 0.05) is 31.7 Å². The maximum Gasteiger partial charge on any atom is 0.123 e. The van der Waals surface area contributed by atoms with Gasteiger partial charge < -0.3 is 10.1 Å². The lowest BCUT2D eigenvalue weighted by atomic mass is 9.94. The first kappa shape index (κ1) is 15.8. The summed E-state index contributed by atoms with van der Waals surface area (Å²) in [5.74, 6) is 1.36. The zero-order valence-electron chi connectivity index (χ0n) is 13.2. The fourth-order valence-corrected chi connectivity index (χ4v) is 2.89. The number of ether oxygens (including phenoxy) is 1. The van der Waals surface area contributed by atoms with Crippen molar-refractivity contribution in [2.24, 2.45) is 0 Å². The molecule has 0 spiro atoms. The van der Waals surface area contributed by atoms with Crippen molar-refractivity contribution in [2.75, 3.05) is 33.3 Å². The molecule has 1 saturated heterocycles. The van der Waals surface area contributed by atoms with Crippen LogP contribution >= 0.6 is 0 Å². The van der Waals surface area contributed by atoms with Crippen LogP contribution in [-0.2, 0) is 0 Å². The highest BCUT2D eigenvalue weighted by Crippen LogP contribution is 2.34. The monoisotopic (exact) mass is 287 g/mol. The summed E-state index contributed by atoms with van der Waals surface area (Å²) in [4.78, 5) is 2.39. The number of rotatable bonds is 5. The Morgan fingerprint density at radius 1 is 1.33 bits per heavy atom. The van der Waals surface area contributed by atoms with Crippen LogP contribution < -0.4 is 10.1 Å². The molecular formula is C17H25N3O. The number of hydrogen-bond donors (Lipinski definition) is 1. The second-order valence-electron chi connectivity index (χ2n) is 5.82. The van der Waals surface area contributed by atoms with Crippen LogP contribution in [0, 0.1) is 11.3 Å². The molecule has 0 unspecified atom stereocenters. The van der Waals surface area contributed by atoms with Gasteiger partial charge in [0.25, 0.3) is 0 Å². The summed E-state index contributed by atoms with van der Waals surface area (Å²) in [6.07, 6.45) is 0.498. The highest BCUT2D eigenvalue weighted by Gasteiger charge is 2.25. The summed E-state index contributed by atoms with van der Waals surface area (Å²) >= 11 is 0. The fourth-order valence-electron chi connectivity index (χ4n) is 2.89. The van der Waals surface area contributed by atoms with Gasteiger partial charge in [-0.1, -0.05) is 26.0 Å². The normalized spacial score (nSPS) is 17.5. The minimum absolute atomic E-state index is 0.116. The van der Waals surface area contributed by atoms with E-state index < -0.39 is 0 Å². The second-order valence-corrected chi connectivity index (χ2v) is 5.82. The molecule has 1 heterocycles. The molecule has 0 amide bonds. The van der Waals surface area contributed by atoms with Gasteiger partial charge >= 0.3 is 0 Å². The molecule has 1 atom stereocenters. The molecule has 114 valence electrons. The van der Waals surface area contributed by atoms with Crippen molar-refractivity contribution in [3.05, 3.63) is 29.3 Å². The van der Waals surface area contributed by atoms with Crippen LogP contribution in [0.25, 0.3) is 0 Å². The van der Waals surface area contributed by atoms with Crippen LogP contribution in [0.3, 0.4) is 0 Å². The number of hydrogen-bond acceptors (Lipinski definition) is 4. The Morgan fingerprint density at radius 2 is 2.05 bits per heavy atom. The minimum atomic E-state index is 0.116. The van der Waals surface area contributed by atoms with Crippen LogP contribution in [0.15, 0.2) is 18.2 Å². The number of benzene rings is 1. The summed E-state index contributed by atoms with van der Waals surface area (Å²) in [5, 5.41) is 12.6. The van der Waals surface area contributed by atoms with Gasteiger partial charge in [0.1, 0.15) is 5.75 Å². The fraction of sp³-hybridized carbons (Fsp3) is 0.588. The van der Waals surface area contributed by atoms with Crippen molar-refractivity contribution in [3.8, 4) is 11.8 Å². The summed E-state index contributed by atoms with van der Waals surface area (Å²) in [5.41, 5.74) is 2.44. The number of nitrogens with zero attached hydrogens (tertiary/aromatic N) is 2. The van der Waals surface area contributed by atoms with E-state index >= 15 is 0 Å². The molecule has 2 rings (SSSR count). The average molecular weight is 287 g/mol. The van der Waals surface area contributed by atoms with Crippen molar-refractivity contribution in [3.63, 3.8) is 0 Å². The van der Waals surface area contributed by atoms with Gasteiger partial charge in [-0.25, -0.2) is 0 Å². The zero-order valence-corrected chi connectivity index (χ0v) is 13.2. The van der Waals surface area contributed by atoms with Gasteiger partial charge in [-0.15, -0.1) is 0 Å². The van der Waals surface area contributed by atoms with E-state index in [1.165, 1.54) is 5.56 Å². The Bertz CT molecular complexity index is 501. The molecular weight excluding hydrogens is 262 g/mol. The molecule has 1 N–H and O–H groups in total. The molecule has 21 heavy (non-hydrogen) atoms. The van der Waals surface area contributed by atoms with E-state index in [-0.39, 0.29) is 6.04 Å². The first-order valence-electron chi connectivity index (χ1n) is 7.67. The van der Waals surface area contributed by atoms with Gasteiger partial charge in [0.2, 0.25) is 0 Å². The highest BCUT2D eigenvalue weighted by atomic mass is 16.5. The van der Waals surface area contributed by atoms with E-state index in [0.29, 0.717) is 12.3 Å². The van der Waals surface area contributed by atoms with Crippen LogP contribution in [0.1, 0.15) is 43.4 Å². The average Bonchev–Trinajstić information content (AvgIpc) is 2.52. The van der Waals surface area contributed by atoms with Crippen LogP contribution in [0.5, 0.6) is 5.75 Å². The Morgan fingerprint density at radius 3 is 2.62 bits per heavy atom. The molecule has 4 heteroatoms. The third-order valence-electron chi connectivity index (χ3n) is 4.16. The largest absolute Gasteiger partial charge is 0.496 e. The van der Waals surface area contributed by atoms with Gasteiger partial charge in [-0.05, 0) is 17.5 Å². The molecule has 1 aromatic carbocycles. The predicted octanol–water partition coefficient (Wildman–Crippen LogP) is 2.68. The predicted molar refractivity (Wildman–Crippen MR) is 84.5 cm³/mol. The molecule has 0 saturated carbocycles. The van der Waals surface area contributed by atoms with Gasteiger partial charge in [0.05, 0.1) is 25.6 Å². The van der Waals surface area contributed by atoms with E-state index in [1.54, 1.807) is 7.11 Å². The Kier molecular flexibility index (Phi) is 5.60. The summed E-state index contributed by atoms with van der Waals surface area (Å²) < 4.78 is 5.55. The molecule has 1 fully saturated rings. The maximum atomic E-state index is 9.24. The van der Waals surface area contributed by atoms with E-state index in [9.17, 15) is 5.26 Å². The first-order valence-corrected chi connectivity index (χ1v) is 7.67. The third-order valence-corrected chi connectivity index (χ3v) is 4.16. The lowest BCUT2D eigenvalue weighted by Gasteiger charge is -2.35. The molecule has 4 nitrogen and oxygen atoms in total. The maximum absolute atomic E-state index is 9.24. The van der Waals surface area contributed by atoms with Crippen molar-refractivity contribution in [1.29, 1.82) is 5.26 Å². The van der Waals surface area contributed by atoms with Crippen molar-refractivity contribution in [2.45, 2.75) is 32.2 Å². The van der Waals surface area contributed by atoms with Gasteiger partial charge in [-0.3, -0.25) is 4.90 Å². The number of piperazine rings is 1. The summed E-state index contributed by atoms with van der Waals surface area (Å²) in [7, 11) is 1.70. The van der Waals surface area contributed by atoms with E-state index in [0.717, 1.165) is 37.5 Å². The zero-order chi connectivity index (χ0) is 15.2. The number of methoxy groups -OCH3 is 1. The Balaban J connectivity index is 2.37. The summed E-state index contributed by atoms with van der Waals surface area (Å²) in [6.45, 7) is 8.29. The summed E-state index contributed by atoms with van der Waals surface area (Å²) in [6, 6.07) is 8.84. The molecule has 1 aliphatic rings. The third kappa shape index (κ3) is 3.75. The molecule has 1 aromatic rings. The minimum Gasteiger partial charge on any atom is -0.496 e. The molecule has 0 radical (unpaired) electrons. The Hall–Kier alpha value is -1.57. The van der Waals surface area contributed by atoms with E-state index in [2.05, 4.69) is 42.3 Å². The first-order chi connectivity index (χ1) is 10.2. The van der Waals surface area contributed by atoms with Crippen LogP contribution in [0.4, 0.5) is 0 Å². The standard InChI is InChI=1S/C17H25N3O/c1-13(2)14-4-5-17(21-3)15(12-14)16(6-7-18)20-10-8-19-9-11-20/h4-5,12-13,16,19H,6,8-11H2,1-3H3/t16-/m1/s1. The lowest BCUT2D eigenvalue weighted by Crippen LogP contribution is -2.45. The SMILES string of the molecule is COc1ccc(C(C)C)cc1[C@@H](CC#N)N1CCNCC1. The van der Waals surface area contributed by atoms with Gasteiger partial charge in [-0.2, -0.15) is 5.26 Å². The quantitative estimate of drug-likeness (QED) is 0.904. The molecule has 0 aliphatic carbocycles. The van der Waals surface area contributed by atoms with Crippen molar-refractivity contribution in [1.82, 2.24) is 10.2 Å². The number of nitriles is 1. The smallest absolute Gasteiger partial charge is 0.123 e. The molecule has 0 aromatic heterocycles. The number of nitrogens with one attached hydrogen (secondary N) is 1.